The highest BCUT2D eigenvalue weighted by Crippen LogP contribution is 2.17. The van der Waals surface area contributed by atoms with E-state index in [1.54, 1.807) is 0 Å². The van der Waals surface area contributed by atoms with Gasteiger partial charge in [0.1, 0.15) is 11.5 Å². The van der Waals surface area contributed by atoms with Gasteiger partial charge in [-0.3, -0.25) is 4.90 Å². The van der Waals surface area contributed by atoms with Crippen molar-refractivity contribution >= 4 is 5.82 Å². The van der Waals surface area contributed by atoms with E-state index in [1.165, 1.54) is 5.56 Å². The Kier molecular flexibility index (Phi) is 4.47. The van der Waals surface area contributed by atoms with Crippen molar-refractivity contribution in [2.24, 2.45) is 0 Å². The summed E-state index contributed by atoms with van der Waals surface area (Å²) < 4.78 is 7.04. The van der Waals surface area contributed by atoms with Gasteiger partial charge < -0.3 is 9.47 Å². The fourth-order valence-electron chi connectivity index (χ4n) is 3.25. The van der Waals surface area contributed by atoms with Crippen LogP contribution in [0.5, 0.6) is 0 Å². The fraction of sp³-hybridized carbons (Fsp3) is 0.389. The summed E-state index contributed by atoms with van der Waals surface area (Å²) in [7, 11) is 0. The Bertz CT molecular complexity index is 804. The van der Waals surface area contributed by atoms with Gasteiger partial charge in [-0.05, 0) is 17.6 Å². The Labute approximate surface area is 146 Å². The van der Waals surface area contributed by atoms with Crippen LogP contribution < -0.4 is 4.90 Å². The van der Waals surface area contributed by atoms with Crippen LogP contribution in [0.25, 0.3) is 0 Å². The molecule has 0 bridgehead atoms. The van der Waals surface area contributed by atoms with Crippen molar-refractivity contribution in [3.05, 3.63) is 59.8 Å². The van der Waals surface area contributed by atoms with Crippen molar-refractivity contribution < 1.29 is 4.63 Å². The van der Waals surface area contributed by atoms with Gasteiger partial charge in [-0.25, -0.2) is 9.61 Å². The van der Waals surface area contributed by atoms with E-state index in [4.69, 9.17) is 4.63 Å². The van der Waals surface area contributed by atoms with E-state index in [0.29, 0.717) is 0 Å². The molecule has 1 fully saturated rings. The van der Waals surface area contributed by atoms with Crippen LogP contribution in [0.15, 0.2) is 47.4 Å². The lowest BCUT2D eigenvalue weighted by atomic mass is 10.2. The lowest BCUT2D eigenvalue weighted by Crippen LogP contribution is -2.46. The Hall–Kier alpha value is -2.67. The molecule has 0 unspecified atom stereocenters. The van der Waals surface area contributed by atoms with Gasteiger partial charge in [0, 0.05) is 45.1 Å². The molecule has 4 rings (SSSR count). The largest absolute Gasteiger partial charge is 0.350 e. The Morgan fingerprint density at radius 3 is 2.52 bits per heavy atom. The van der Waals surface area contributed by atoms with Crippen LogP contribution in [0.2, 0.25) is 0 Å². The molecule has 7 nitrogen and oxygen atoms in total. The van der Waals surface area contributed by atoms with E-state index >= 15 is 0 Å². The maximum Gasteiger partial charge on any atom is 0.196 e. The standard InChI is InChI=1S/C18H22N6O/c1-15-18(21-25-20-15)23-11-9-22(10-12-23)14-17-19-7-8-24(17)13-16-5-3-2-4-6-16/h2-8H,9-14H2,1H3. The van der Waals surface area contributed by atoms with E-state index in [1.807, 2.05) is 19.2 Å². The van der Waals surface area contributed by atoms with Crippen molar-refractivity contribution in [2.75, 3.05) is 31.1 Å². The minimum absolute atomic E-state index is 0.854. The molecule has 0 radical (unpaired) electrons. The first kappa shape index (κ1) is 15.8. The summed E-state index contributed by atoms with van der Waals surface area (Å²) in [5.74, 6) is 1.97. The monoisotopic (exact) mass is 338 g/mol. The Balaban J connectivity index is 1.36. The number of nitrogens with zero attached hydrogens (tertiary/aromatic N) is 6. The number of imidazole rings is 1. The lowest BCUT2D eigenvalue weighted by Gasteiger charge is -2.34. The van der Waals surface area contributed by atoms with Crippen LogP contribution in [-0.4, -0.2) is 50.9 Å². The zero-order valence-corrected chi connectivity index (χ0v) is 14.4. The molecule has 1 saturated heterocycles. The van der Waals surface area contributed by atoms with Gasteiger partial charge in [0.05, 0.1) is 6.54 Å². The number of hydrogen-bond acceptors (Lipinski definition) is 6. The smallest absolute Gasteiger partial charge is 0.196 e. The van der Waals surface area contributed by atoms with Crippen LogP contribution in [0.1, 0.15) is 17.1 Å². The van der Waals surface area contributed by atoms with Gasteiger partial charge in [-0.1, -0.05) is 35.5 Å². The number of rotatable bonds is 5. The quantitative estimate of drug-likeness (QED) is 0.708. The van der Waals surface area contributed by atoms with E-state index in [-0.39, 0.29) is 0 Å². The summed E-state index contributed by atoms with van der Waals surface area (Å²) in [6.45, 7) is 7.46. The van der Waals surface area contributed by atoms with Crippen LogP contribution in [0.3, 0.4) is 0 Å². The van der Waals surface area contributed by atoms with Crippen molar-refractivity contribution in [3.8, 4) is 0 Å². The van der Waals surface area contributed by atoms with Crippen molar-refractivity contribution in [3.63, 3.8) is 0 Å². The van der Waals surface area contributed by atoms with Crippen LogP contribution in [-0.2, 0) is 13.1 Å². The first-order valence-electron chi connectivity index (χ1n) is 8.60. The summed E-state index contributed by atoms with van der Waals surface area (Å²) in [4.78, 5) is 9.23. The molecule has 0 saturated carbocycles. The number of piperazine rings is 1. The van der Waals surface area contributed by atoms with Gasteiger partial charge in [-0.2, -0.15) is 0 Å². The predicted octanol–water partition coefficient (Wildman–Crippen LogP) is 1.95. The summed E-state index contributed by atoms with van der Waals surface area (Å²) >= 11 is 0. The summed E-state index contributed by atoms with van der Waals surface area (Å²) in [6, 6.07) is 10.5. The third-order valence-corrected chi connectivity index (χ3v) is 4.66. The minimum Gasteiger partial charge on any atom is -0.350 e. The molecule has 0 spiro atoms. The molecule has 0 N–H and O–H groups in total. The molecule has 3 heterocycles. The molecule has 130 valence electrons. The molecule has 1 aromatic carbocycles. The summed E-state index contributed by atoms with van der Waals surface area (Å²) in [6.07, 6.45) is 3.95. The topological polar surface area (TPSA) is 63.2 Å². The molecule has 1 aliphatic rings. The third kappa shape index (κ3) is 3.56. The average Bonchev–Trinajstić information content (AvgIpc) is 3.26. The van der Waals surface area contributed by atoms with Gasteiger partial charge in [0.2, 0.25) is 0 Å². The van der Waals surface area contributed by atoms with Gasteiger partial charge in [0.25, 0.3) is 0 Å². The second-order valence-corrected chi connectivity index (χ2v) is 6.39. The maximum atomic E-state index is 4.81. The molecule has 2 aromatic heterocycles. The van der Waals surface area contributed by atoms with Crippen molar-refractivity contribution in [1.29, 1.82) is 0 Å². The van der Waals surface area contributed by atoms with Gasteiger partial charge in [-0.15, -0.1) is 0 Å². The number of anilines is 1. The molecule has 7 heteroatoms. The second-order valence-electron chi connectivity index (χ2n) is 6.39. The second kappa shape index (κ2) is 7.06. The molecule has 0 amide bonds. The predicted molar refractivity (Wildman–Crippen MR) is 94.3 cm³/mol. The fourth-order valence-corrected chi connectivity index (χ4v) is 3.25. The molecular weight excluding hydrogens is 316 g/mol. The number of aromatic nitrogens is 4. The SMILES string of the molecule is Cc1nonc1N1CCN(Cc2nccn2Cc2ccccc2)CC1. The molecule has 0 atom stereocenters. The Morgan fingerprint density at radius 1 is 1.00 bits per heavy atom. The highest BCUT2D eigenvalue weighted by atomic mass is 16.6. The molecule has 1 aliphatic heterocycles. The molecule has 25 heavy (non-hydrogen) atoms. The third-order valence-electron chi connectivity index (χ3n) is 4.66. The van der Waals surface area contributed by atoms with Crippen LogP contribution in [0.4, 0.5) is 5.82 Å². The number of hydrogen-bond donors (Lipinski definition) is 0. The van der Waals surface area contributed by atoms with Crippen molar-refractivity contribution in [1.82, 2.24) is 24.8 Å². The van der Waals surface area contributed by atoms with E-state index < -0.39 is 0 Å². The number of aryl methyl sites for hydroxylation is 1. The minimum atomic E-state index is 0.854. The zero-order valence-electron chi connectivity index (χ0n) is 14.4. The van der Waals surface area contributed by atoms with Crippen molar-refractivity contribution in [2.45, 2.75) is 20.0 Å². The Morgan fingerprint density at radius 2 is 1.80 bits per heavy atom. The summed E-state index contributed by atoms with van der Waals surface area (Å²) in [5, 5.41) is 7.87. The zero-order chi connectivity index (χ0) is 17.1. The highest BCUT2D eigenvalue weighted by Gasteiger charge is 2.22. The molecular formula is C18H22N6O. The summed E-state index contributed by atoms with van der Waals surface area (Å²) in [5.41, 5.74) is 2.15. The van der Waals surface area contributed by atoms with E-state index in [0.717, 1.165) is 56.6 Å². The van der Waals surface area contributed by atoms with Crippen LogP contribution >= 0.6 is 0 Å². The van der Waals surface area contributed by atoms with E-state index in [2.05, 4.69) is 60.1 Å². The first-order valence-corrected chi connectivity index (χ1v) is 8.60. The van der Waals surface area contributed by atoms with E-state index in [9.17, 15) is 0 Å². The lowest BCUT2D eigenvalue weighted by molar-refractivity contribution is 0.239. The molecule has 0 aliphatic carbocycles. The van der Waals surface area contributed by atoms with Gasteiger partial charge in [0.15, 0.2) is 5.82 Å². The van der Waals surface area contributed by atoms with Gasteiger partial charge >= 0.3 is 0 Å². The van der Waals surface area contributed by atoms with Crippen LogP contribution in [0, 0.1) is 6.92 Å². The normalized spacial score (nSPS) is 15.6. The first-order chi connectivity index (χ1) is 12.3. The molecule has 3 aromatic rings. The maximum absolute atomic E-state index is 4.81. The average molecular weight is 338 g/mol. The highest BCUT2D eigenvalue weighted by molar-refractivity contribution is 5.41. The number of benzene rings is 1.